The van der Waals surface area contributed by atoms with Gasteiger partial charge >= 0.3 is 6.18 Å². The van der Waals surface area contributed by atoms with E-state index in [9.17, 15) is 18.0 Å². The van der Waals surface area contributed by atoms with Gasteiger partial charge in [-0.05, 0) is 44.9 Å². The Bertz CT molecular complexity index is 500. The Labute approximate surface area is 136 Å². The molecule has 1 amide bonds. The van der Waals surface area contributed by atoms with Gasteiger partial charge in [0.2, 0.25) is 5.91 Å². The van der Waals surface area contributed by atoms with Crippen molar-refractivity contribution in [3.8, 4) is 0 Å². The summed E-state index contributed by atoms with van der Waals surface area (Å²) in [6.45, 7) is 8.22. The second-order valence-electron chi connectivity index (χ2n) is 6.80. The van der Waals surface area contributed by atoms with Crippen LogP contribution in [0.5, 0.6) is 0 Å². The molecular weight excluding hydrogens is 303 g/mol. The molecule has 0 N–H and O–H groups in total. The number of halogens is 3. The van der Waals surface area contributed by atoms with Crippen LogP contribution in [-0.2, 0) is 17.5 Å². The van der Waals surface area contributed by atoms with E-state index in [0.29, 0.717) is 18.5 Å². The molecule has 0 atom stereocenters. The van der Waals surface area contributed by atoms with Crippen LogP contribution in [0.2, 0.25) is 0 Å². The number of carbonyl (C=O) groups is 1. The molecule has 0 saturated heterocycles. The Hall–Kier alpha value is -1.52. The number of hydrogen-bond acceptors (Lipinski definition) is 1. The zero-order chi connectivity index (χ0) is 17.7. The van der Waals surface area contributed by atoms with E-state index >= 15 is 0 Å². The average Bonchev–Trinajstić information content (AvgIpc) is 2.43. The third-order valence-electron chi connectivity index (χ3n) is 3.73. The summed E-state index contributed by atoms with van der Waals surface area (Å²) in [5.74, 6) is 0.0471. The average molecular weight is 329 g/mol. The Morgan fingerprint density at radius 2 is 1.61 bits per heavy atom. The number of rotatable bonds is 6. The fourth-order valence-corrected chi connectivity index (χ4v) is 2.34. The molecule has 0 bridgehead atoms. The van der Waals surface area contributed by atoms with Gasteiger partial charge in [0.25, 0.3) is 0 Å². The zero-order valence-corrected chi connectivity index (χ0v) is 14.3. The normalized spacial score (nSPS) is 12.3. The molecule has 5 heteroatoms. The first-order valence-electron chi connectivity index (χ1n) is 8.02. The summed E-state index contributed by atoms with van der Waals surface area (Å²) >= 11 is 0. The molecule has 0 aromatic heterocycles. The van der Waals surface area contributed by atoms with Crippen molar-refractivity contribution in [1.29, 1.82) is 0 Å². The van der Waals surface area contributed by atoms with Crippen LogP contribution in [0.3, 0.4) is 0 Å². The van der Waals surface area contributed by atoms with Gasteiger partial charge < -0.3 is 4.90 Å². The van der Waals surface area contributed by atoms with Gasteiger partial charge in [-0.3, -0.25) is 4.79 Å². The van der Waals surface area contributed by atoms with Crippen molar-refractivity contribution < 1.29 is 18.0 Å². The molecule has 0 aliphatic carbocycles. The molecular formula is C18H26F3NO. The van der Waals surface area contributed by atoms with Crippen LogP contribution < -0.4 is 0 Å². The van der Waals surface area contributed by atoms with Crippen molar-refractivity contribution in [2.24, 2.45) is 0 Å². The maximum Gasteiger partial charge on any atom is 0.416 e. The SMILES string of the molecule is CCCCCC(=O)N(Cc1ccc(C(F)(F)F)cc1)C(C)(C)C. The molecule has 0 aliphatic heterocycles. The molecule has 23 heavy (non-hydrogen) atoms. The molecule has 0 aliphatic rings. The number of nitrogens with zero attached hydrogens (tertiary/aromatic N) is 1. The van der Waals surface area contributed by atoms with Gasteiger partial charge in [-0.15, -0.1) is 0 Å². The van der Waals surface area contributed by atoms with Crippen LogP contribution in [0.1, 0.15) is 64.5 Å². The second-order valence-corrected chi connectivity index (χ2v) is 6.80. The summed E-state index contributed by atoms with van der Waals surface area (Å²) in [5.41, 5.74) is -0.332. The summed E-state index contributed by atoms with van der Waals surface area (Å²) in [5, 5.41) is 0. The van der Waals surface area contributed by atoms with Gasteiger partial charge in [-0.1, -0.05) is 31.9 Å². The Morgan fingerprint density at radius 3 is 2.04 bits per heavy atom. The van der Waals surface area contributed by atoms with Crippen molar-refractivity contribution in [3.63, 3.8) is 0 Å². The first-order valence-corrected chi connectivity index (χ1v) is 8.02. The maximum absolute atomic E-state index is 12.6. The van der Waals surface area contributed by atoms with Gasteiger partial charge in [-0.2, -0.15) is 13.2 Å². The smallest absolute Gasteiger partial charge is 0.334 e. The van der Waals surface area contributed by atoms with Crippen molar-refractivity contribution in [2.45, 2.75) is 71.6 Å². The van der Waals surface area contributed by atoms with Crippen molar-refractivity contribution in [1.82, 2.24) is 4.90 Å². The third-order valence-corrected chi connectivity index (χ3v) is 3.73. The lowest BCUT2D eigenvalue weighted by Gasteiger charge is -2.36. The predicted octanol–water partition coefficient (Wildman–Crippen LogP) is 5.41. The molecule has 1 aromatic rings. The summed E-state index contributed by atoms with van der Waals surface area (Å²) in [6.07, 6.45) is -0.968. The van der Waals surface area contributed by atoms with Crippen molar-refractivity contribution in [2.75, 3.05) is 0 Å². The number of unbranched alkanes of at least 4 members (excludes halogenated alkanes) is 2. The molecule has 0 heterocycles. The Balaban J connectivity index is 2.84. The molecule has 2 nitrogen and oxygen atoms in total. The van der Waals surface area contributed by atoms with Gasteiger partial charge in [0.15, 0.2) is 0 Å². The first kappa shape index (κ1) is 19.5. The summed E-state index contributed by atoms with van der Waals surface area (Å²) < 4.78 is 37.8. The van der Waals surface area contributed by atoms with Gasteiger partial charge in [0, 0.05) is 18.5 Å². The van der Waals surface area contributed by atoms with Gasteiger partial charge in [0.05, 0.1) is 5.56 Å². The second kappa shape index (κ2) is 7.84. The molecule has 0 spiro atoms. The van der Waals surface area contributed by atoms with Gasteiger partial charge in [0.1, 0.15) is 0 Å². The van der Waals surface area contributed by atoms with Crippen LogP contribution >= 0.6 is 0 Å². The van der Waals surface area contributed by atoms with E-state index < -0.39 is 11.7 Å². The van der Waals surface area contributed by atoms with E-state index in [1.54, 1.807) is 4.90 Å². The topological polar surface area (TPSA) is 20.3 Å². The quantitative estimate of drug-likeness (QED) is 0.639. The van der Waals surface area contributed by atoms with Crippen LogP contribution in [0, 0.1) is 0 Å². The standard InChI is InChI=1S/C18H26F3NO/c1-5-6-7-8-16(23)22(17(2,3)4)13-14-9-11-15(12-10-14)18(19,20)21/h9-12H,5-8,13H2,1-4H3. The number of carbonyl (C=O) groups excluding carboxylic acids is 1. The number of amides is 1. The van der Waals surface area contributed by atoms with E-state index in [1.807, 2.05) is 20.8 Å². The highest BCUT2D eigenvalue weighted by Gasteiger charge is 2.30. The minimum absolute atomic E-state index is 0.0471. The number of hydrogen-bond donors (Lipinski definition) is 0. The molecule has 1 rings (SSSR count). The summed E-state index contributed by atoms with van der Waals surface area (Å²) in [7, 11) is 0. The third kappa shape index (κ3) is 6.24. The minimum atomic E-state index is -4.34. The number of benzene rings is 1. The predicted molar refractivity (Wildman–Crippen MR) is 85.9 cm³/mol. The monoisotopic (exact) mass is 329 g/mol. The number of alkyl halides is 3. The maximum atomic E-state index is 12.6. The minimum Gasteiger partial charge on any atom is -0.334 e. The van der Waals surface area contributed by atoms with Crippen molar-refractivity contribution in [3.05, 3.63) is 35.4 Å². The summed E-state index contributed by atoms with van der Waals surface area (Å²) in [6, 6.07) is 5.03. The molecule has 130 valence electrons. The highest BCUT2D eigenvalue weighted by Crippen LogP contribution is 2.29. The van der Waals surface area contributed by atoms with Crippen LogP contribution in [0.25, 0.3) is 0 Å². The van der Waals surface area contributed by atoms with E-state index in [1.165, 1.54) is 12.1 Å². The fourth-order valence-electron chi connectivity index (χ4n) is 2.34. The lowest BCUT2D eigenvalue weighted by molar-refractivity contribution is -0.138. The van der Waals surface area contributed by atoms with Crippen LogP contribution in [0.15, 0.2) is 24.3 Å². The molecule has 1 aromatic carbocycles. The highest BCUT2D eigenvalue weighted by atomic mass is 19.4. The Kier molecular flexibility index (Phi) is 6.66. The van der Waals surface area contributed by atoms with E-state index in [4.69, 9.17) is 0 Å². The van der Waals surface area contributed by atoms with E-state index in [-0.39, 0.29) is 11.4 Å². The highest BCUT2D eigenvalue weighted by molar-refractivity contribution is 5.76. The molecule has 0 fully saturated rings. The zero-order valence-electron chi connectivity index (χ0n) is 14.3. The fraction of sp³-hybridized carbons (Fsp3) is 0.611. The van der Waals surface area contributed by atoms with E-state index in [0.717, 1.165) is 31.4 Å². The lowest BCUT2D eigenvalue weighted by atomic mass is 10.0. The van der Waals surface area contributed by atoms with E-state index in [2.05, 4.69) is 6.92 Å². The molecule has 0 radical (unpaired) electrons. The largest absolute Gasteiger partial charge is 0.416 e. The van der Waals surface area contributed by atoms with Crippen LogP contribution in [-0.4, -0.2) is 16.3 Å². The lowest BCUT2D eigenvalue weighted by Crippen LogP contribution is -2.45. The molecule has 0 unspecified atom stereocenters. The van der Waals surface area contributed by atoms with Crippen molar-refractivity contribution >= 4 is 5.91 Å². The summed E-state index contributed by atoms with van der Waals surface area (Å²) in [4.78, 5) is 14.2. The Morgan fingerprint density at radius 1 is 1.04 bits per heavy atom. The van der Waals surface area contributed by atoms with Gasteiger partial charge in [-0.25, -0.2) is 0 Å². The first-order chi connectivity index (χ1) is 10.6. The van der Waals surface area contributed by atoms with Crippen LogP contribution in [0.4, 0.5) is 13.2 Å². The molecule has 0 saturated carbocycles.